The van der Waals surface area contributed by atoms with Crippen molar-refractivity contribution in [2.24, 2.45) is 0 Å². The van der Waals surface area contributed by atoms with Crippen molar-refractivity contribution in [1.82, 2.24) is 5.32 Å². The molecule has 0 aliphatic carbocycles. The molecular weight excluding hydrogens is 326 g/mol. The predicted octanol–water partition coefficient (Wildman–Crippen LogP) is 4.35. The molecule has 3 rings (SSSR count). The fraction of sp³-hybridized carbons (Fsp3) is 0.111. The first-order valence-electron chi connectivity index (χ1n) is 7.22. The highest BCUT2D eigenvalue weighted by Crippen LogP contribution is 2.26. The largest absolute Gasteiger partial charge is 0.290 e. The van der Waals surface area contributed by atoms with Crippen LogP contribution in [0.3, 0.4) is 0 Å². The highest BCUT2D eigenvalue weighted by atomic mass is 32.2. The molecular formula is C18H15NO2S2. The van der Waals surface area contributed by atoms with E-state index < -0.39 is 0 Å². The molecule has 1 fully saturated rings. The summed E-state index contributed by atoms with van der Waals surface area (Å²) in [6.45, 7) is 0. The van der Waals surface area contributed by atoms with Crippen LogP contribution in [-0.4, -0.2) is 16.9 Å². The van der Waals surface area contributed by atoms with E-state index in [2.05, 4.69) is 29.6 Å². The number of benzene rings is 2. The molecule has 23 heavy (non-hydrogen) atoms. The van der Waals surface area contributed by atoms with Gasteiger partial charge in [0.2, 0.25) is 0 Å². The number of hydrogen-bond acceptors (Lipinski definition) is 4. The lowest BCUT2D eigenvalue weighted by Crippen LogP contribution is -2.17. The molecule has 0 spiro atoms. The summed E-state index contributed by atoms with van der Waals surface area (Å²) in [6, 6.07) is 18.4. The molecule has 0 aromatic heterocycles. The van der Waals surface area contributed by atoms with Crippen LogP contribution in [0.4, 0.5) is 4.79 Å². The van der Waals surface area contributed by atoms with E-state index in [1.165, 1.54) is 10.5 Å². The van der Waals surface area contributed by atoms with E-state index in [-0.39, 0.29) is 11.1 Å². The van der Waals surface area contributed by atoms with Crippen molar-refractivity contribution in [3.8, 4) is 0 Å². The third-order valence-electron chi connectivity index (χ3n) is 3.32. The highest BCUT2D eigenvalue weighted by Gasteiger charge is 2.24. The number of nitrogens with one attached hydrogen (secondary N) is 1. The van der Waals surface area contributed by atoms with Gasteiger partial charge in [-0.05, 0) is 47.5 Å². The molecule has 2 amide bonds. The Morgan fingerprint density at radius 3 is 2.39 bits per heavy atom. The second kappa shape index (κ2) is 7.53. The molecule has 3 nitrogen and oxygen atoms in total. The maximum atomic E-state index is 11.5. The minimum atomic E-state index is -0.318. The maximum absolute atomic E-state index is 11.5. The minimum absolute atomic E-state index is 0.311. The lowest BCUT2D eigenvalue weighted by molar-refractivity contribution is -0.115. The summed E-state index contributed by atoms with van der Waals surface area (Å²) < 4.78 is 0. The second-order valence-electron chi connectivity index (χ2n) is 5.01. The predicted molar refractivity (Wildman–Crippen MR) is 96.4 cm³/mol. The van der Waals surface area contributed by atoms with Crippen LogP contribution in [0.15, 0.2) is 64.4 Å². The zero-order valence-electron chi connectivity index (χ0n) is 12.3. The van der Waals surface area contributed by atoms with Crippen LogP contribution >= 0.6 is 23.5 Å². The van der Waals surface area contributed by atoms with Crippen molar-refractivity contribution in [3.05, 3.63) is 70.6 Å². The summed E-state index contributed by atoms with van der Waals surface area (Å²) in [7, 11) is 0. The highest BCUT2D eigenvalue weighted by molar-refractivity contribution is 8.18. The standard InChI is InChI=1S/C18H15NO2S2/c20-17-16(23-18(21)19-17)12-14-6-8-15(9-7-14)22-11-10-13-4-2-1-3-5-13/h1-9,12H,10-11H2,(H,19,20,21). The summed E-state index contributed by atoms with van der Waals surface area (Å²) in [6.07, 6.45) is 2.78. The van der Waals surface area contributed by atoms with Crippen LogP contribution < -0.4 is 5.32 Å². The molecule has 1 saturated heterocycles. The average molecular weight is 341 g/mol. The molecule has 0 saturated carbocycles. The molecule has 1 N–H and O–H groups in total. The zero-order chi connectivity index (χ0) is 16.1. The maximum Gasteiger partial charge on any atom is 0.290 e. The van der Waals surface area contributed by atoms with Crippen LogP contribution in [0.25, 0.3) is 6.08 Å². The number of aryl methyl sites for hydroxylation is 1. The quantitative estimate of drug-likeness (QED) is 0.649. The fourth-order valence-corrected chi connectivity index (χ4v) is 3.75. The number of rotatable bonds is 5. The van der Waals surface area contributed by atoms with Crippen molar-refractivity contribution in [1.29, 1.82) is 0 Å². The third-order valence-corrected chi connectivity index (χ3v) is 5.15. The van der Waals surface area contributed by atoms with Gasteiger partial charge in [-0.25, -0.2) is 0 Å². The van der Waals surface area contributed by atoms with Gasteiger partial charge in [0.15, 0.2) is 0 Å². The van der Waals surface area contributed by atoms with Crippen LogP contribution in [0.2, 0.25) is 0 Å². The smallest absolute Gasteiger partial charge is 0.282 e. The molecule has 0 unspecified atom stereocenters. The van der Waals surface area contributed by atoms with Gasteiger partial charge in [-0.1, -0.05) is 42.5 Å². The van der Waals surface area contributed by atoms with Gasteiger partial charge in [0.1, 0.15) is 0 Å². The number of imide groups is 1. The summed E-state index contributed by atoms with van der Waals surface area (Å²) in [5.74, 6) is 0.707. The summed E-state index contributed by atoms with van der Waals surface area (Å²) in [5, 5.41) is 1.94. The van der Waals surface area contributed by atoms with E-state index in [0.717, 1.165) is 29.5 Å². The van der Waals surface area contributed by atoms with Crippen molar-refractivity contribution in [2.45, 2.75) is 11.3 Å². The lowest BCUT2D eigenvalue weighted by Gasteiger charge is -2.03. The Balaban J connectivity index is 1.56. The fourth-order valence-electron chi connectivity index (χ4n) is 2.16. The van der Waals surface area contributed by atoms with Crippen molar-refractivity contribution >= 4 is 40.7 Å². The van der Waals surface area contributed by atoms with Gasteiger partial charge in [0, 0.05) is 10.6 Å². The number of carbonyl (C=O) groups excluding carboxylic acids is 2. The first-order chi connectivity index (χ1) is 11.2. The van der Waals surface area contributed by atoms with E-state index in [4.69, 9.17) is 0 Å². The first kappa shape index (κ1) is 15.9. The average Bonchev–Trinajstić information content (AvgIpc) is 2.88. The van der Waals surface area contributed by atoms with Crippen LogP contribution in [0, 0.1) is 0 Å². The van der Waals surface area contributed by atoms with Gasteiger partial charge in [0.25, 0.3) is 11.1 Å². The molecule has 5 heteroatoms. The van der Waals surface area contributed by atoms with Crippen LogP contribution in [0.1, 0.15) is 11.1 Å². The first-order valence-corrected chi connectivity index (χ1v) is 9.02. The number of carbonyl (C=O) groups is 2. The molecule has 0 radical (unpaired) electrons. The molecule has 2 aromatic rings. The van der Waals surface area contributed by atoms with Gasteiger partial charge < -0.3 is 0 Å². The molecule has 0 atom stereocenters. The zero-order valence-corrected chi connectivity index (χ0v) is 14.0. The Labute approximate surface area is 143 Å². The topological polar surface area (TPSA) is 46.2 Å². The van der Waals surface area contributed by atoms with Crippen molar-refractivity contribution in [2.75, 3.05) is 5.75 Å². The van der Waals surface area contributed by atoms with Crippen LogP contribution in [0.5, 0.6) is 0 Å². The Kier molecular flexibility index (Phi) is 5.20. The van der Waals surface area contributed by atoms with Gasteiger partial charge in [-0.15, -0.1) is 11.8 Å². The summed E-state index contributed by atoms with van der Waals surface area (Å²) >= 11 is 2.75. The number of amides is 2. The Bertz CT molecular complexity index is 739. The Morgan fingerprint density at radius 1 is 1.00 bits per heavy atom. The van der Waals surface area contributed by atoms with Gasteiger partial charge in [0.05, 0.1) is 4.91 Å². The Morgan fingerprint density at radius 2 is 1.74 bits per heavy atom. The molecule has 2 aromatic carbocycles. The van der Waals surface area contributed by atoms with Crippen LogP contribution in [-0.2, 0) is 11.2 Å². The van der Waals surface area contributed by atoms with E-state index >= 15 is 0 Å². The van der Waals surface area contributed by atoms with E-state index in [9.17, 15) is 9.59 Å². The monoisotopic (exact) mass is 341 g/mol. The van der Waals surface area contributed by atoms with Gasteiger partial charge in [-0.3, -0.25) is 14.9 Å². The lowest BCUT2D eigenvalue weighted by atomic mass is 10.2. The summed E-state index contributed by atoms with van der Waals surface area (Å²) in [5.41, 5.74) is 2.26. The normalized spacial score (nSPS) is 15.9. The minimum Gasteiger partial charge on any atom is -0.282 e. The van der Waals surface area contributed by atoms with E-state index in [0.29, 0.717) is 4.91 Å². The number of thioether (sulfide) groups is 2. The third kappa shape index (κ3) is 4.50. The molecule has 1 heterocycles. The van der Waals surface area contributed by atoms with Crippen molar-refractivity contribution in [3.63, 3.8) is 0 Å². The molecule has 1 aliphatic rings. The summed E-state index contributed by atoms with van der Waals surface area (Å²) in [4.78, 5) is 24.3. The van der Waals surface area contributed by atoms with Crippen molar-refractivity contribution < 1.29 is 9.59 Å². The second-order valence-corrected chi connectivity index (χ2v) is 7.19. The molecule has 116 valence electrons. The molecule has 1 aliphatic heterocycles. The van der Waals surface area contributed by atoms with Gasteiger partial charge in [-0.2, -0.15) is 0 Å². The molecule has 0 bridgehead atoms. The van der Waals surface area contributed by atoms with Gasteiger partial charge >= 0.3 is 0 Å². The number of hydrogen-bond donors (Lipinski definition) is 1. The SMILES string of the molecule is O=C1NC(=O)C(=Cc2ccc(SCCc3ccccc3)cc2)S1. The Hall–Kier alpha value is -1.98. The van der Waals surface area contributed by atoms with E-state index in [1.807, 2.05) is 42.1 Å². The van der Waals surface area contributed by atoms with E-state index in [1.54, 1.807) is 6.08 Å².